The van der Waals surface area contributed by atoms with Gasteiger partial charge in [0.2, 0.25) is 0 Å². The lowest BCUT2D eigenvalue weighted by Gasteiger charge is -2.13. The maximum Gasteiger partial charge on any atom is 0.416 e. The number of hydrogen-bond donors (Lipinski definition) is 0. The summed E-state index contributed by atoms with van der Waals surface area (Å²) in [6.07, 6.45) is 2.57. The fourth-order valence-corrected chi connectivity index (χ4v) is 2.49. The van der Waals surface area contributed by atoms with E-state index in [9.17, 15) is 18.0 Å². The highest BCUT2D eigenvalue weighted by Crippen LogP contribution is 2.29. The Kier molecular flexibility index (Phi) is 4.63. The number of halogens is 3. The van der Waals surface area contributed by atoms with E-state index in [0.29, 0.717) is 5.56 Å². The molecule has 20 heavy (non-hydrogen) atoms. The van der Waals surface area contributed by atoms with Crippen LogP contribution in [0.3, 0.4) is 0 Å². The number of carbonyl (C=O) groups is 1. The third-order valence-electron chi connectivity index (χ3n) is 3.49. The first-order valence-corrected chi connectivity index (χ1v) is 6.83. The Hall–Kier alpha value is -1.58. The van der Waals surface area contributed by atoms with Gasteiger partial charge in [-0.15, -0.1) is 0 Å². The van der Waals surface area contributed by atoms with Crippen molar-refractivity contribution in [3.8, 4) is 0 Å². The zero-order valence-electron chi connectivity index (χ0n) is 11.2. The first kappa shape index (κ1) is 14.8. The molecule has 1 aliphatic rings. The van der Waals surface area contributed by atoms with Gasteiger partial charge in [-0.2, -0.15) is 13.2 Å². The Morgan fingerprint density at radius 3 is 2.50 bits per heavy atom. The van der Waals surface area contributed by atoms with Gasteiger partial charge in [0, 0.05) is 6.42 Å². The van der Waals surface area contributed by atoms with Crippen LogP contribution in [0, 0.1) is 0 Å². The van der Waals surface area contributed by atoms with Crippen LogP contribution in [-0.2, 0) is 17.4 Å². The molecule has 1 aromatic carbocycles. The maximum absolute atomic E-state index is 12.6. The first-order valence-electron chi connectivity index (χ1n) is 6.83. The summed E-state index contributed by atoms with van der Waals surface area (Å²) < 4.78 is 37.7. The average Bonchev–Trinajstić information content (AvgIpc) is 2.39. The Morgan fingerprint density at radius 2 is 1.85 bits per heavy atom. The molecule has 0 aliphatic heterocycles. The van der Waals surface area contributed by atoms with E-state index >= 15 is 0 Å². The third-order valence-corrected chi connectivity index (χ3v) is 3.49. The highest BCUT2D eigenvalue weighted by molar-refractivity contribution is 5.92. The monoisotopic (exact) mass is 282 g/mol. The standard InChI is InChI=1S/C16H17F3O/c17-16(18,19)14-8-4-7-13(9-14)11-15(20)10-12-5-2-1-3-6-12/h4,7-10H,1-3,5-6,11H2. The SMILES string of the molecule is O=C(C=C1CCCCC1)Cc1cccc(C(F)(F)F)c1. The Morgan fingerprint density at radius 1 is 1.15 bits per heavy atom. The quantitative estimate of drug-likeness (QED) is 0.734. The number of allylic oxidation sites excluding steroid dienone is 2. The maximum atomic E-state index is 12.6. The lowest BCUT2D eigenvalue weighted by atomic mass is 9.93. The van der Waals surface area contributed by atoms with Crippen molar-refractivity contribution in [3.63, 3.8) is 0 Å². The molecule has 0 bridgehead atoms. The lowest BCUT2D eigenvalue weighted by Crippen LogP contribution is -2.07. The van der Waals surface area contributed by atoms with Gasteiger partial charge < -0.3 is 0 Å². The van der Waals surface area contributed by atoms with Crippen LogP contribution in [0.2, 0.25) is 0 Å². The van der Waals surface area contributed by atoms with Crippen molar-refractivity contribution in [1.29, 1.82) is 0 Å². The minimum absolute atomic E-state index is 0.0351. The van der Waals surface area contributed by atoms with Crippen molar-refractivity contribution in [1.82, 2.24) is 0 Å². The van der Waals surface area contributed by atoms with Crippen LogP contribution in [0.4, 0.5) is 13.2 Å². The molecule has 1 nitrogen and oxygen atoms in total. The predicted octanol–water partition coefficient (Wildman–Crippen LogP) is 4.71. The molecule has 0 unspecified atom stereocenters. The molecule has 0 amide bonds. The summed E-state index contributed by atoms with van der Waals surface area (Å²) in [5.74, 6) is -0.110. The van der Waals surface area contributed by atoms with Crippen LogP contribution >= 0.6 is 0 Å². The van der Waals surface area contributed by atoms with Gasteiger partial charge in [-0.3, -0.25) is 4.79 Å². The van der Waals surface area contributed by atoms with Crippen molar-refractivity contribution in [2.75, 3.05) is 0 Å². The topological polar surface area (TPSA) is 17.1 Å². The molecule has 0 N–H and O–H groups in total. The smallest absolute Gasteiger partial charge is 0.294 e. The molecule has 1 fully saturated rings. The van der Waals surface area contributed by atoms with Crippen LogP contribution in [0.5, 0.6) is 0 Å². The molecular weight excluding hydrogens is 265 g/mol. The molecule has 0 atom stereocenters. The van der Waals surface area contributed by atoms with Crippen molar-refractivity contribution in [3.05, 3.63) is 47.0 Å². The van der Waals surface area contributed by atoms with Gasteiger partial charge in [0.05, 0.1) is 5.56 Å². The van der Waals surface area contributed by atoms with Crippen LogP contribution in [0.25, 0.3) is 0 Å². The summed E-state index contributed by atoms with van der Waals surface area (Å²) in [5, 5.41) is 0. The summed E-state index contributed by atoms with van der Waals surface area (Å²) in [4.78, 5) is 11.9. The molecule has 1 aromatic rings. The van der Waals surface area contributed by atoms with Crippen molar-refractivity contribution in [2.45, 2.75) is 44.7 Å². The highest BCUT2D eigenvalue weighted by Gasteiger charge is 2.30. The molecule has 1 saturated carbocycles. The van der Waals surface area contributed by atoms with E-state index in [2.05, 4.69) is 0 Å². The average molecular weight is 282 g/mol. The molecule has 2 rings (SSSR count). The summed E-state index contributed by atoms with van der Waals surface area (Å²) in [7, 11) is 0. The van der Waals surface area contributed by atoms with Crippen molar-refractivity contribution < 1.29 is 18.0 Å². The fourth-order valence-electron chi connectivity index (χ4n) is 2.49. The third kappa shape index (κ3) is 4.22. The van der Waals surface area contributed by atoms with Crippen LogP contribution in [-0.4, -0.2) is 5.78 Å². The van der Waals surface area contributed by atoms with E-state index in [1.54, 1.807) is 12.1 Å². The van der Waals surface area contributed by atoms with Gasteiger partial charge in [-0.25, -0.2) is 0 Å². The number of ketones is 1. The zero-order chi connectivity index (χ0) is 14.6. The van der Waals surface area contributed by atoms with Gasteiger partial charge in [0.25, 0.3) is 0 Å². The lowest BCUT2D eigenvalue weighted by molar-refractivity contribution is -0.137. The minimum Gasteiger partial charge on any atom is -0.294 e. The normalized spacial score (nSPS) is 16.1. The van der Waals surface area contributed by atoms with Crippen LogP contribution in [0.1, 0.15) is 43.2 Å². The molecule has 4 heteroatoms. The Balaban J connectivity index is 2.04. The van der Waals surface area contributed by atoms with Gasteiger partial charge in [0.15, 0.2) is 5.78 Å². The summed E-state index contributed by atoms with van der Waals surface area (Å²) in [5.41, 5.74) is 0.846. The summed E-state index contributed by atoms with van der Waals surface area (Å²) >= 11 is 0. The number of benzene rings is 1. The summed E-state index contributed by atoms with van der Waals surface area (Å²) in [6, 6.07) is 4.98. The highest BCUT2D eigenvalue weighted by atomic mass is 19.4. The van der Waals surface area contributed by atoms with E-state index in [0.717, 1.165) is 43.4 Å². The summed E-state index contributed by atoms with van der Waals surface area (Å²) in [6.45, 7) is 0. The fraction of sp³-hybridized carbons (Fsp3) is 0.438. The van der Waals surface area contributed by atoms with E-state index < -0.39 is 11.7 Å². The molecule has 0 saturated heterocycles. The molecule has 1 aliphatic carbocycles. The minimum atomic E-state index is -4.36. The number of alkyl halides is 3. The van der Waals surface area contributed by atoms with Crippen molar-refractivity contribution in [2.24, 2.45) is 0 Å². The van der Waals surface area contributed by atoms with Crippen molar-refractivity contribution >= 4 is 5.78 Å². The number of carbonyl (C=O) groups excluding carboxylic acids is 1. The Bertz CT molecular complexity index is 507. The second-order valence-corrected chi connectivity index (χ2v) is 5.20. The van der Waals surface area contributed by atoms with E-state index in [1.807, 2.05) is 0 Å². The molecule has 0 radical (unpaired) electrons. The van der Waals surface area contributed by atoms with E-state index in [1.165, 1.54) is 12.5 Å². The number of rotatable bonds is 3. The van der Waals surface area contributed by atoms with Gasteiger partial charge in [0.1, 0.15) is 0 Å². The molecule has 0 heterocycles. The largest absolute Gasteiger partial charge is 0.416 e. The van der Waals surface area contributed by atoms with Gasteiger partial charge >= 0.3 is 6.18 Å². The van der Waals surface area contributed by atoms with E-state index in [4.69, 9.17) is 0 Å². The molecular formula is C16H17F3O. The number of hydrogen-bond acceptors (Lipinski definition) is 1. The Labute approximate surface area is 116 Å². The predicted molar refractivity (Wildman–Crippen MR) is 71.3 cm³/mol. The van der Waals surface area contributed by atoms with E-state index in [-0.39, 0.29) is 12.2 Å². The molecule has 0 spiro atoms. The van der Waals surface area contributed by atoms with Crippen LogP contribution < -0.4 is 0 Å². The van der Waals surface area contributed by atoms with Gasteiger partial charge in [-0.1, -0.05) is 30.2 Å². The molecule has 108 valence electrons. The first-order chi connectivity index (χ1) is 9.45. The second kappa shape index (κ2) is 6.25. The van der Waals surface area contributed by atoms with Crippen LogP contribution in [0.15, 0.2) is 35.9 Å². The zero-order valence-corrected chi connectivity index (χ0v) is 11.2. The molecule has 0 aromatic heterocycles. The second-order valence-electron chi connectivity index (χ2n) is 5.20. The van der Waals surface area contributed by atoms with Gasteiger partial charge in [-0.05, 0) is 43.4 Å².